The fourth-order valence-corrected chi connectivity index (χ4v) is 3.76. The maximum Gasteiger partial charge on any atom is 0.233 e. The second-order valence-corrected chi connectivity index (χ2v) is 6.98. The summed E-state index contributed by atoms with van der Waals surface area (Å²) in [5, 5.41) is 11.2. The van der Waals surface area contributed by atoms with Crippen molar-refractivity contribution >= 4 is 9.84 Å². The summed E-state index contributed by atoms with van der Waals surface area (Å²) in [5.74, 6) is 1.21. The monoisotopic (exact) mass is 273 g/mol. The largest absolute Gasteiger partial charge is 0.423 e. The summed E-state index contributed by atoms with van der Waals surface area (Å²) in [7, 11) is -2.91. The maximum absolute atomic E-state index is 11.4. The number of aromatic nitrogens is 2. The summed E-state index contributed by atoms with van der Waals surface area (Å²) >= 11 is 0. The molecule has 0 radical (unpaired) electrons. The highest BCUT2D eigenvalue weighted by Gasteiger charge is 2.33. The Labute approximate surface area is 107 Å². The number of nitrogens with one attached hydrogen (secondary N) is 1. The first-order valence-corrected chi connectivity index (χ1v) is 8.11. The number of hydrogen-bond donors (Lipinski definition) is 1. The summed E-state index contributed by atoms with van der Waals surface area (Å²) in [4.78, 5) is 0. The van der Waals surface area contributed by atoms with E-state index in [0.29, 0.717) is 18.2 Å². The van der Waals surface area contributed by atoms with E-state index in [1.807, 2.05) is 6.92 Å². The van der Waals surface area contributed by atoms with Gasteiger partial charge in [0.05, 0.1) is 23.5 Å². The highest BCUT2D eigenvalue weighted by Crippen LogP contribution is 2.28. The number of hydrogen-bond acceptors (Lipinski definition) is 6. The molecule has 7 heteroatoms. The lowest BCUT2D eigenvalue weighted by atomic mass is 10.1. The first kappa shape index (κ1) is 13.5. The molecule has 2 unspecified atom stereocenters. The van der Waals surface area contributed by atoms with Gasteiger partial charge in [0.25, 0.3) is 0 Å². The van der Waals surface area contributed by atoms with Crippen LogP contribution < -0.4 is 5.32 Å². The molecule has 1 aromatic rings. The van der Waals surface area contributed by atoms with Crippen molar-refractivity contribution in [1.29, 1.82) is 0 Å². The van der Waals surface area contributed by atoms with Crippen LogP contribution in [0.3, 0.4) is 0 Å². The van der Waals surface area contributed by atoms with Crippen LogP contribution >= 0.6 is 0 Å². The zero-order valence-corrected chi connectivity index (χ0v) is 11.5. The van der Waals surface area contributed by atoms with Crippen molar-refractivity contribution in [1.82, 2.24) is 15.5 Å². The molecule has 2 rings (SSSR count). The van der Waals surface area contributed by atoms with Crippen LogP contribution in [0.4, 0.5) is 0 Å². The van der Waals surface area contributed by atoms with E-state index in [-0.39, 0.29) is 23.5 Å². The molecule has 2 atom stereocenters. The van der Waals surface area contributed by atoms with Gasteiger partial charge in [0.2, 0.25) is 11.8 Å². The first-order chi connectivity index (χ1) is 8.52. The third kappa shape index (κ3) is 3.08. The molecule has 0 aliphatic carbocycles. The summed E-state index contributed by atoms with van der Waals surface area (Å²) in [6.07, 6.45) is 1.62. The molecule has 1 aliphatic rings. The van der Waals surface area contributed by atoms with Crippen molar-refractivity contribution < 1.29 is 12.8 Å². The van der Waals surface area contributed by atoms with E-state index in [9.17, 15) is 8.42 Å². The molecule has 0 spiro atoms. The topological polar surface area (TPSA) is 85.1 Å². The SMILES string of the molecule is CCCNC(C)c1nnc(C2CCS(=O)(=O)C2)o1. The summed E-state index contributed by atoms with van der Waals surface area (Å²) in [6, 6.07) is 0.00390. The predicted octanol–water partition coefficient (Wildman–Crippen LogP) is 1.03. The average molecular weight is 273 g/mol. The van der Waals surface area contributed by atoms with Gasteiger partial charge in [0, 0.05) is 0 Å². The van der Waals surface area contributed by atoms with Gasteiger partial charge in [-0.15, -0.1) is 10.2 Å². The minimum atomic E-state index is -2.91. The first-order valence-electron chi connectivity index (χ1n) is 6.29. The number of rotatable bonds is 5. The highest BCUT2D eigenvalue weighted by atomic mass is 32.2. The van der Waals surface area contributed by atoms with Crippen molar-refractivity contribution in [3.8, 4) is 0 Å². The molecule has 102 valence electrons. The molecule has 0 aromatic carbocycles. The number of nitrogens with zero attached hydrogens (tertiary/aromatic N) is 2. The third-order valence-electron chi connectivity index (χ3n) is 3.11. The van der Waals surface area contributed by atoms with Gasteiger partial charge in [-0.05, 0) is 26.3 Å². The molecule has 0 saturated carbocycles. The lowest BCUT2D eigenvalue weighted by molar-refractivity contribution is 0.380. The van der Waals surface area contributed by atoms with Crippen molar-refractivity contribution in [2.45, 2.75) is 38.6 Å². The van der Waals surface area contributed by atoms with Crippen molar-refractivity contribution in [3.05, 3.63) is 11.8 Å². The maximum atomic E-state index is 11.4. The minimum absolute atomic E-state index is 0.00390. The van der Waals surface area contributed by atoms with Gasteiger partial charge >= 0.3 is 0 Å². The smallest absolute Gasteiger partial charge is 0.233 e. The molecule has 0 bridgehead atoms. The van der Waals surface area contributed by atoms with Gasteiger partial charge in [0.15, 0.2) is 9.84 Å². The fraction of sp³-hybridized carbons (Fsp3) is 0.818. The van der Waals surface area contributed by atoms with Crippen LogP contribution in [0.2, 0.25) is 0 Å². The van der Waals surface area contributed by atoms with Crippen LogP contribution in [0.1, 0.15) is 50.4 Å². The Kier molecular flexibility index (Phi) is 4.01. The minimum Gasteiger partial charge on any atom is -0.423 e. The van der Waals surface area contributed by atoms with Crippen LogP contribution in [0.5, 0.6) is 0 Å². The molecule has 1 aromatic heterocycles. The van der Waals surface area contributed by atoms with Crippen LogP contribution in [-0.2, 0) is 9.84 Å². The van der Waals surface area contributed by atoms with E-state index in [2.05, 4.69) is 22.4 Å². The standard InChI is InChI=1S/C11H19N3O3S/c1-3-5-12-8(2)10-13-14-11(17-10)9-4-6-18(15,16)7-9/h8-9,12H,3-7H2,1-2H3. The van der Waals surface area contributed by atoms with Gasteiger partial charge in [-0.2, -0.15) is 0 Å². The molecule has 18 heavy (non-hydrogen) atoms. The Morgan fingerprint density at radius 2 is 2.28 bits per heavy atom. The third-order valence-corrected chi connectivity index (χ3v) is 4.88. The molecule has 1 N–H and O–H groups in total. The normalized spacial score (nSPS) is 24.2. The van der Waals surface area contributed by atoms with Crippen molar-refractivity contribution in [3.63, 3.8) is 0 Å². The van der Waals surface area contributed by atoms with E-state index in [1.165, 1.54) is 0 Å². The lowest BCUT2D eigenvalue weighted by Gasteiger charge is -2.07. The van der Waals surface area contributed by atoms with Gasteiger partial charge < -0.3 is 9.73 Å². The highest BCUT2D eigenvalue weighted by molar-refractivity contribution is 7.91. The Balaban J connectivity index is 2.02. The predicted molar refractivity (Wildman–Crippen MR) is 67.0 cm³/mol. The molecular formula is C11H19N3O3S. The summed E-state index contributed by atoms with van der Waals surface area (Å²) in [6.45, 7) is 4.93. The van der Waals surface area contributed by atoms with E-state index < -0.39 is 9.84 Å². The molecule has 6 nitrogen and oxygen atoms in total. The van der Waals surface area contributed by atoms with Crippen LogP contribution in [-0.4, -0.2) is 36.7 Å². The van der Waals surface area contributed by atoms with E-state index in [1.54, 1.807) is 0 Å². The Bertz CT molecular complexity index is 497. The second-order valence-electron chi connectivity index (χ2n) is 4.75. The second kappa shape index (κ2) is 5.36. The quantitative estimate of drug-likeness (QED) is 0.862. The zero-order chi connectivity index (χ0) is 13.2. The molecule has 1 saturated heterocycles. The molecular weight excluding hydrogens is 254 g/mol. The molecule has 1 fully saturated rings. The summed E-state index contributed by atoms with van der Waals surface area (Å²) in [5.41, 5.74) is 0. The number of sulfone groups is 1. The van der Waals surface area contributed by atoms with E-state index in [4.69, 9.17) is 4.42 Å². The van der Waals surface area contributed by atoms with Crippen LogP contribution in [0.15, 0.2) is 4.42 Å². The average Bonchev–Trinajstić information content (AvgIpc) is 2.92. The van der Waals surface area contributed by atoms with Gasteiger partial charge in [-0.25, -0.2) is 8.42 Å². The fourth-order valence-electron chi connectivity index (χ4n) is 2.02. The van der Waals surface area contributed by atoms with Gasteiger partial charge in [0.1, 0.15) is 0 Å². The van der Waals surface area contributed by atoms with E-state index >= 15 is 0 Å². The Morgan fingerprint density at radius 1 is 1.50 bits per heavy atom. The molecule has 1 aliphatic heterocycles. The van der Waals surface area contributed by atoms with Gasteiger partial charge in [-0.3, -0.25) is 0 Å². The molecule has 2 heterocycles. The van der Waals surface area contributed by atoms with E-state index in [0.717, 1.165) is 13.0 Å². The van der Waals surface area contributed by atoms with Crippen LogP contribution in [0.25, 0.3) is 0 Å². The summed E-state index contributed by atoms with van der Waals surface area (Å²) < 4.78 is 28.4. The van der Waals surface area contributed by atoms with Crippen molar-refractivity contribution in [2.75, 3.05) is 18.1 Å². The lowest BCUT2D eigenvalue weighted by Crippen LogP contribution is -2.19. The van der Waals surface area contributed by atoms with Crippen LogP contribution in [0, 0.1) is 0 Å². The van der Waals surface area contributed by atoms with Gasteiger partial charge in [-0.1, -0.05) is 6.92 Å². The zero-order valence-electron chi connectivity index (χ0n) is 10.7. The Morgan fingerprint density at radius 3 is 2.89 bits per heavy atom. The molecule has 0 amide bonds. The van der Waals surface area contributed by atoms with Crippen molar-refractivity contribution in [2.24, 2.45) is 0 Å². The Hall–Kier alpha value is -0.950.